The Kier molecular flexibility index (Phi) is 8.99. The SMILES string of the molecule is C.CC/C=C(/C)CC. The predicted molar refractivity (Wildman–Crippen MR) is 41.1 cm³/mol. The molecule has 0 aromatic carbocycles. The van der Waals surface area contributed by atoms with Crippen LogP contribution in [0.3, 0.4) is 0 Å². The molecule has 0 aliphatic heterocycles. The van der Waals surface area contributed by atoms with Gasteiger partial charge in [0.2, 0.25) is 0 Å². The molecule has 0 radical (unpaired) electrons. The summed E-state index contributed by atoms with van der Waals surface area (Å²) in [5, 5.41) is 0. The molecular formula is C8H18. The molecule has 0 heteroatoms. The summed E-state index contributed by atoms with van der Waals surface area (Å²) in [5.41, 5.74) is 1.50. The minimum absolute atomic E-state index is 0. The molecule has 0 aliphatic carbocycles. The zero-order chi connectivity index (χ0) is 5.70. The van der Waals surface area contributed by atoms with Crippen molar-refractivity contribution in [2.75, 3.05) is 0 Å². The summed E-state index contributed by atoms with van der Waals surface area (Å²) in [4.78, 5) is 0. The van der Waals surface area contributed by atoms with Crippen LogP contribution >= 0.6 is 0 Å². The third-order valence-electron chi connectivity index (χ3n) is 1.11. The summed E-state index contributed by atoms with van der Waals surface area (Å²) in [7, 11) is 0. The Morgan fingerprint density at radius 3 is 2.00 bits per heavy atom. The second-order valence-electron chi connectivity index (χ2n) is 1.81. The molecule has 0 nitrogen and oxygen atoms in total. The molecule has 0 rings (SSSR count). The first kappa shape index (κ1) is 10.7. The highest BCUT2D eigenvalue weighted by Crippen LogP contribution is 1.97. The normalized spacial score (nSPS) is 10.6. The summed E-state index contributed by atoms with van der Waals surface area (Å²) in [6.07, 6.45) is 4.65. The Bertz CT molecular complexity index is 60.4. The minimum atomic E-state index is 0. The van der Waals surface area contributed by atoms with Crippen LogP contribution < -0.4 is 0 Å². The van der Waals surface area contributed by atoms with Crippen molar-refractivity contribution in [3.63, 3.8) is 0 Å². The van der Waals surface area contributed by atoms with Crippen molar-refractivity contribution in [3.05, 3.63) is 11.6 Å². The molecule has 0 aromatic rings. The van der Waals surface area contributed by atoms with Crippen molar-refractivity contribution in [1.82, 2.24) is 0 Å². The van der Waals surface area contributed by atoms with Crippen LogP contribution in [0.5, 0.6) is 0 Å². The molecule has 50 valence electrons. The van der Waals surface area contributed by atoms with E-state index in [4.69, 9.17) is 0 Å². The van der Waals surface area contributed by atoms with Crippen molar-refractivity contribution in [2.24, 2.45) is 0 Å². The van der Waals surface area contributed by atoms with E-state index in [1.165, 1.54) is 18.4 Å². The van der Waals surface area contributed by atoms with Crippen LogP contribution in [0.4, 0.5) is 0 Å². The smallest absolute Gasteiger partial charge is 0.0352 e. The molecule has 0 bridgehead atoms. The average molecular weight is 114 g/mol. The van der Waals surface area contributed by atoms with Gasteiger partial charge in [-0.1, -0.05) is 32.9 Å². The molecular weight excluding hydrogens is 96.1 g/mol. The van der Waals surface area contributed by atoms with Crippen LogP contribution in [0.15, 0.2) is 11.6 Å². The van der Waals surface area contributed by atoms with Crippen LogP contribution in [0, 0.1) is 0 Å². The average Bonchev–Trinajstić information content (AvgIpc) is 1.68. The molecule has 0 N–H and O–H groups in total. The lowest BCUT2D eigenvalue weighted by Gasteiger charge is -1.88. The Morgan fingerprint density at radius 1 is 1.38 bits per heavy atom. The van der Waals surface area contributed by atoms with E-state index >= 15 is 0 Å². The number of rotatable bonds is 2. The minimum Gasteiger partial charge on any atom is -0.0859 e. The van der Waals surface area contributed by atoms with Gasteiger partial charge in [0.05, 0.1) is 0 Å². The van der Waals surface area contributed by atoms with Crippen molar-refractivity contribution in [3.8, 4) is 0 Å². The molecule has 8 heavy (non-hydrogen) atoms. The van der Waals surface area contributed by atoms with Gasteiger partial charge in [0, 0.05) is 0 Å². The largest absolute Gasteiger partial charge is 0.0859 e. The highest BCUT2D eigenvalue weighted by molar-refractivity contribution is 4.95. The highest BCUT2D eigenvalue weighted by Gasteiger charge is 1.76. The molecule has 0 aromatic heterocycles. The van der Waals surface area contributed by atoms with Crippen LogP contribution in [0.2, 0.25) is 0 Å². The van der Waals surface area contributed by atoms with Gasteiger partial charge in [-0.25, -0.2) is 0 Å². The van der Waals surface area contributed by atoms with E-state index in [9.17, 15) is 0 Å². The first-order valence-corrected chi connectivity index (χ1v) is 2.96. The van der Waals surface area contributed by atoms with Gasteiger partial charge >= 0.3 is 0 Å². The van der Waals surface area contributed by atoms with Crippen molar-refractivity contribution in [2.45, 2.75) is 41.0 Å². The second kappa shape index (κ2) is 6.74. The lowest BCUT2D eigenvalue weighted by Crippen LogP contribution is -1.67. The van der Waals surface area contributed by atoms with E-state index in [0.717, 1.165) is 0 Å². The number of allylic oxidation sites excluding steroid dienone is 2. The van der Waals surface area contributed by atoms with Gasteiger partial charge in [-0.05, 0) is 19.8 Å². The van der Waals surface area contributed by atoms with Crippen LogP contribution in [0.1, 0.15) is 41.0 Å². The van der Waals surface area contributed by atoms with E-state index in [2.05, 4.69) is 26.8 Å². The summed E-state index contributed by atoms with van der Waals surface area (Å²) in [6, 6.07) is 0. The van der Waals surface area contributed by atoms with Gasteiger partial charge in [-0.15, -0.1) is 0 Å². The maximum absolute atomic E-state index is 2.26. The predicted octanol–water partition coefficient (Wildman–Crippen LogP) is 3.39. The fraction of sp³-hybridized carbons (Fsp3) is 0.750. The quantitative estimate of drug-likeness (QED) is 0.483. The Hall–Kier alpha value is -0.260. The van der Waals surface area contributed by atoms with Crippen molar-refractivity contribution >= 4 is 0 Å². The van der Waals surface area contributed by atoms with Crippen LogP contribution in [-0.4, -0.2) is 0 Å². The summed E-state index contributed by atoms with van der Waals surface area (Å²) >= 11 is 0. The third kappa shape index (κ3) is 5.74. The standard InChI is InChI=1S/C7H14.CH4/c1-4-6-7(3)5-2;/h6H,4-5H2,1-3H3;1H4/b7-6-;. The Morgan fingerprint density at radius 2 is 1.88 bits per heavy atom. The van der Waals surface area contributed by atoms with Gasteiger partial charge in [0.25, 0.3) is 0 Å². The fourth-order valence-corrected chi connectivity index (χ4v) is 0.493. The summed E-state index contributed by atoms with van der Waals surface area (Å²) in [6.45, 7) is 6.52. The Labute approximate surface area is 53.6 Å². The monoisotopic (exact) mass is 114 g/mol. The zero-order valence-electron chi connectivity index (χ0n) is 5.49. The van der Waals surface area contributed by atoms with Gasteiger partial charge in [-0.3, -0.25) is 0 Å². The summed E-state index contributed by atoms with van der Waals surface area (Å²) in [5.74, 6) is 0. The second-order valence-corrected chi connectivity index (χ2v) is 1.81. The summed E-state index contributed by atoms with van der Waals surface area (Å²) < 4.78 is 0. The molecule has 0 saturated heterocycles. The molecule has 0 unspecified atom stereocenters. The molecule has 0 atom stereocenters. The Balaban J connectivity index is 0. The van der Waals surface area contributed by atoms with Crippen molar-refractivity contribution < 1.29 is 0 Å². The lowest BCUT2D eigenvalue weighted by molar-refractivity contribution is 1.06. The van der Waals surface area contributed by atoms with E-state index < -0.39 is 0 Å². The van der Waals surface area contributed by atoms with E-state index in [-0.39, 0.29) is 7.43 Å². The molecule has 0 saturated carbocycles. The first-order chi connectivity index (χ1) is 3.31. The van der Waals surface area contributed by atoms with Crippen LogP contribution in [-0.2, 0) is 0 Å². The third-order valence-corrected chi connectivity index (χ3v) is 1.11. The molecule has 0 spiro atoms. The number of hydrogen-bond acceptors (Lipinski definition) is 0. The molecule has 0 heterocycles. The van der Waals surface area contributed by atoms with Gasteiger partial charge in [0.15, 0.2) is 0 Å². The van der Waals surface area contributed by atoms with Gasteiger partial charge in [0.1, 0.15) is 0 Å². The maximum atomic E-state index is 2.26. The number of hydrogen-bond donors (Lipinski definition) is 0. The van der Waals surface area contributed by atoms with Crippen LogP contribution in [0.25, 0.3) is 0 Å². The van der Waals surface area contributed by atoms with E-state index in [0.29, 0.717) is 0 Å². The highest BCUT2D eigenvalue weighted by atomic mass is 13.8. The molecule has 0 aliphatic rings. The molecule has 0 amide bonds. The topological polar surface area (TPSA) is 0 Å². The zero-order valence-corrected chi connectivity index (χ0v) is 5.49. The lowest BCUT2D eigenvalue weighted by atomic mass is 10.2. The van der Waals surface area contributed by atoms with E-state index in [1.807, 2.05) is 0 Å². The maximum Gasteiger partial charge on any atom is -0.0352 e. The van der Waals surface area contributed by atoms with E-state index in [1.54, 1.807) is 0 Å². The van der Waals surface area contributed by atoms with Gasteiger partial charge in [-0.2, -0.15) is 0 Å². The van der Waals surface area contributed by atoms with Crippen molar-refractivity contribution in [1.29, 1.82) is 0 Å². The fourth-order valence-electron chi connectivity index (χ4n) is 0.493. The van der Waals surface area contributed by atoms with Gasteiger partial charge < -0.3 is 0 Å². The first-order valence-electron chi connectivity index (χ1n) is 2.96. The molecule has 0 fully saturated rings.